The van der Waals surface area contributed by atoms with E-state index in [4.69, 9.17) is 9.26 Å². The van der Waals surface area contributed by atoms with Gasteiger partial charge in [0.1, 0.15) is 5.75 Å². The Morgan fingerprint density at radius 1 is 1.10 bits per heavy atom. The van der Waals surface area contributed by atoms with Gasteiger partial charge in [-0.05, 0) is 74.8 Å². The molecule has 1 N–H and O–H groups in total. The molecule has 0 fully saturated rings. The summed E-state index contributed by atoms with van der Waals surface area (Å²) in [5.74, 6) is 1.86. The maximum Gasteiger partial charge on any atom is 0.258 e. The third-order valence-corrected chi connectivity index (χ3v) is 5.40. The Kier molecular flexibility index (Phi) is 7.46. The summed E-state index contributed by atoms with van der Waals surface area (Å²) in [5, 5.41) is 14.2. The second kappa shape index (κ2) is 10.1. The average molecular weight is 424 g/mol. The Labute approximate surface area is 184 Å². The highest BCUT2D eigenvalue weighted by Crippen LogP contribution is 2.32. The summed E-state index contributed by atoms with van der Waals surface area (Å²) in [6.07, 6.45) is 0.836. The lowest BCUT2D eigenvalue weighted by Gasteiger charge is -2.15. The molecule has 0 unspecified atom stereocenters. The van der Waals surface area contributed by atoms with E-state index in [1.54, 1.807) is 14.0 Å². The number of ether oxygens (including phenoxy) is 1. The van der Waals surface area contributed by atoms with E-state index in [0.717, 1.165) is 53.1 Å². The van der Waals surface area contributed by atoms with E-state index in [-0.39, 0.29) is 0 Å². The van der Waals surface area contributed by atoms with Gasteiger partial charge in [0, 0.05) is 24.1 Å². The molecular formula is C25H33N3O3. The zero-order chi connectivity index (χ0) is 22.5. The molecule has 0 saturated heterocycles. The fraction of sp³-hybridized carbons (Fsp3) is 0.440. The summed E-state index contributed by atoms with van der Waals surface area (Å²) in [6, 6.07) is 10.4. The van der Waals surface area contributed by atoms with Crippen molar-refractivity contribution in [2.75, 3.05) is 20.7 Å². The van der Waals surface area contributed by atoms with Crippen LogP contribution in [0.1, 0.15) is 43.0 Å². The molecule has 0 aliphatic carbocycles. The van der Waals surface area contributed by atoms with Crippen molar-refractivity contribution in [3.63, 3.8) is 0 Å². The molecule has 0 bridgehead atoms. The van der Waals surface area contributed by atoms with Crippen LogP contribution in [0, 0.1) is 6.92 Å². The Bertz CT molecular complexity index is 1030. The van der Waals surface area contributed by atoms with Gasteiger partial charge >= 0.3 is 0 Å². The molecule has 6 nitrogen and oxygen atoms in total. The minimum absolute atomic E-state index is 0.471. The number of hydrogen-bond acceptors (Lipinski definition) is 6. The number of rotatable bonds is 9. The first-order valence-corrected chi connectivity index (χ1v) is 10.9. The number of benzene rings is 2. The zero-order valence-electron chi connectivity index (χ0n) is 19.4. The maximum absolute atomic E-state index is 9.93. The van der Waals surface area contributed by atoms with E-state index in [0.29, 0.717) is 18.1 Å². The minimum atomic E-state index is -0.471. The lowest BCUT2D eigenvalue weighted by molar-refractivity contribution is 0.194. The van der Waals surface area contributed by atoms with Crippen molar-refractivity contribution in [3.05, 3.63) is 52.6 Å². The van der Waals surface area contributed by atoms with Crippen LogP contribution in [-0.2, 0) is 19.4 Å². The standard InChI is InChI=1S/C25H33N3O3/c1-7-19-13-21(14-20(11-17(4)29)23(19)30-6)24-26-25(31-27-24)22-10-16(3)9-18(12-22)15-28(5)8-2/h9-10,12-14,17,29H,7-8,11,15H2,1-6H3/t17-/m0/s1. The molecule has 3 rings (SSSR count). The Morgan fingerprint density at radius 3 is 2.48 bits per heavy atom. The van der Waals surface area contributed by atoms with Gasteiger partial charge in [-0.1, -0.05) is 30.6 Å². The van der Waals surface area contributed by atoms with E-state index >= 15 is 0 Å². The van der Waals surface area contributed by atoms with Gasteiger partial charge in [-0.2, -0.15) is 4.98 Å². The highest BCUT2D eigenvalue weighted by atomic mass is 16.5. The van der Waals surface area contributed by atoms with Crippen LogP contribution in [0.5, 0.6) is 5.75 Å². The second-order valence-corrected chi connectivity index (χ2v) is 8.20. The largest absolute Gasteiger partial charge is 0.496 e. The molecule has 3 aromatic rings. The first-order valence-electron chi connectivity index (χ1n) is 10.9. The van der Waals surface area contributed by atoms with Gasteiger partial charge in [0.05, 0.1) is 13.2 Å². The van der Waals surface area contributed by atoms with E-state index in [1.807, 2.05) is 12.1 Å². The van der Waals surface area contributed by atoms with Crippen molar-refractivity contribution in [3.8, 4) is 28.6 Å². The highest BCUT2D eigenvalue weighted by molar-refractivity contribution is 5.64. The van der Waals surface area contributed by atoms with Crippen LogP contribution in [-0.4, -0.2) is 47.0 Å². The fourth-order valence-electron chi connectivity index (χ4n) is 3.84. The molecule has 1 heterocycles. The molecule has 0 saturated carbocycles. The molecular weight excluding hydrogens is 390 g/mol. The zero-order valence-corrected chi connectivity index (χ0v) is 19.4. The average Bonchev–Trinajstić information content (AvgIpc) is 3.22. The van der Waals surface area contributed by atoms with Crippen molar-refractivity contribution in [2.24, 2.45) is 0 Å². The Hall–Kier alpha value is -2.70. The van der Waals surface area contributed by atoms with Crippen LogP contribution < -0.4 is 4.74 Å². The molecule has 0 aliphatic heterocycles. The number of hydrogen-bond donors (Lipinski definition) is 1. The number of aliphatic hydroxyl groups excluding tert-OH is 1. The number of aryl methyl sites for hydroxylation is 2. The van der Waals surface area contributed by atoms with Crippen LogP contribution in [0.25, 0.3) is 22.8 Å². The van der Waals surface area contributed by atoms with Crippen molar-refractivity contribution in [1.82, 2.24) is 15.0 Å². The summed E-state index contributed by atoms with van der Waals surface area (Å²) in [5.41, 5.74) is 6.17. The third-order valence-electron chi connectivity index (χ3n) is 5.40. The summed E-state index contributed by atoms with van der Waals surface area (Å²) < 4.78 is 11.3. The Balaban J connectivity index is 1.99. The van der Waals surface area contributed by atoms with Gasteiger partial charge in [-0.15, -0.1) is 0 Å². The molecule has 2 aromatic carbocycles. The number of nitrogens with zero attached hydrogens (tertiary/aromatic N) is 3. The van der Waals surface area contributed by atoms with Crippen LogP contribution in [0.2, 0.25) is 0 Å². The van der Waals surface area contributed by atoms with Crippen molar-refractivity contribution in [2.45, 2.75) is 53.2 Å². The van der Waals surface area contributed by atoms with Gasteiger partial charge < -0.3 is 19.3 Å². The monoisotopic (exact) mass is 423 g/mol. The number of methoxy groups -OCH3 is 1. The quantitative estimate of drug-likeness (QED) is 0.540. The van der Waals surface area contributed by atoms with Crippen molar-refractivity contribution < 1.29 is 14.4 Å². The molecule has 0 amide bonds. The molecule has 0 radical (unpaired) electrons. The minimum Gasteiger partial charge on any atom is -0.496 e. The van der Waals surface area contributed by atoms with Crippen LogP contribution >= 0.6 is 0 Å². The summed E-state index contributed by atoms with van der Waals surface area (Å²) >= 11 is 0. The fourth-order valence-corrected chi connectivity index (χ4v) is 3.84. The van der Waals surface area contributed by atoms with Crippen LogP contribution in [0.4, 0.5) is 0 Å². The lowest BCUT2D eigenvalue weighted by atomic mass is 9.98. The molecule has 166 valence electrons. The van der Waals surface area contributed by atoms with E-state index < -0.39 is 6.10 Å². The first-order chi connectivity index (χ1) is 14.8. The third kappa shape index (κ3) is 5.51. The SMILES string of the molecule is CCc1cc(-c2noc(-c3cc(C)cc(CN(C)CC)c3)n2)cc(C[C@H](C)O)c1OC. The molecule has 6 heteroatoms. The summed E-state index contributed by atoms with van der Waals surface area (Å²) in [7, 11) is 3.77. The number of aliphatic hydroxyl groups is 1. The maximum atomic E-state index is 9.93. The Morgan fingerprint density at radius 2 is 1.84 bits per heavy atom. The van der Waals surface area contributed by atoms with E-state index in [9.17, 15) is 5.11 Å². The van der Waals surface area contributed by atoms with Gasteiger partial charge in [0.25, 0.3) is 5.89 Å². The number of aromatic nitrogens is 2. The van der Waals surface area contributed by atoms with Crippen LogP contribution in [0.15, 0.2) is 34.9 Å². The molecule has 1 aromatic heterocycles. The van der Waals surface area contributed by atoms with Gasteiger partial charge in [-0.3, -0.25) is 0 Å². The predicted molar refractivity (Wildman–Crippen MR) is 123 cm³/mol. The predicted octanol–water partition coefficient (Wildman–Crippen LogP) is 4.66. The summed E-state index contributed by atoms with van der Waals surface area (Å²) in [4.78, 5) is 6.94. The highest BCUT2D eigenvalue weighted by Gasteiger charge is 2.17. The second-order valence-electron chi connectivity index (χ2n) is 8.20. The molecule has 0 aliphatic rings. The van der Waals surface area contributed by atoms with Crippen molar-refractivity contribution >= 4 is 0 Å². The first kappa shape index (κ1) is 23.0. The van der Waals surface area contributed by atoms with Gasteiger partial charge in [0.15, 0.2) is 0 Å². The lowest BCUT2D eigenvalue weighted by Crippen LogP contribution is -2.16. The molecule has 31 heavy (non-hydrogen) atoms. The molecule has 0 spiro atoms. The van der Waals surface area contributed by atoms with Gasteiger partial charge in [0.2, 0.25) is 5.82 Å². The van der Waals surface area contributed by atoms with Crippen LogP contribution in [0.3, 0.4) is 0 Å². The van der Waals surface area contributed by atoms with E-state index in [2.05, 4.69) is 61.1 Å². The summed E-state index contributed by atoms with van der Waals surface area (Å²) in [6.45, 7) is 9.93. The van der Waals surface area contributed by atoms with E-state index in [1.165, 1.54) is 5.56 Å². The topological polar surface area (TPSA) is 71.6 Å². The van der Waals surface area contributed by atoms with Crippen molar-refractivity contribution in [1.29, 1.82) is 0 Å². The normalized spacial score (nSPS) is 12.4. The smallest absolute Gasteiger partial charge is 0.258 e. The van der Waals surface area contributed by atoms with Gasteiger partial charge in [-0.25, -0.2) is 0 Å². The molecule has 1 atom stereocenters.